The van der Waals surface area contributed by atoms with Crippen LogP contribution >= 0.6 is 0 Å². The first-order chi connectivity index (χ1) is 6.87. The van der Waals surface area contributed by atoms with E-state index in [9.17, 15) is 9.90 Å². The molecule has 0 radical (unpaired) electrons. The molecule has 0 aromatic carbocycles. The summed E-state index contributed by atoms with van der Waals surface area (Å²) in [5.41, 5.74) is -0.822. The van der Waals surface area contributed by atoms with Crippen LogP contribution in [0.5, 0.6) is 0 Å². The van der Waals surface area contributed by atoms with E-state index in [1.165, 1.54) is 0 Å². The van der Waals surface area contributed by atoms with Crippen LogP contribution in [-0.2, 0) is 4.79 Å². The second-order valence-electron chi connectivity index (χ2n) is 5.67. The van der Waals surface area contributed by atoms with Gasteiger partial charge in [0.1, 0.15) is 6.29 Å². The van der Waals surface area contributed by atoms with Crippen molar-refractivity contribution < 1.29 is 9.90 Å². The largest absolute Gasteiger partial charge is 0.389 e. The molecule has 0 spiro atoms. The Morgan fingerprint density at radius 3 is 2.33 bits per heavy atom. The number of hydrogen-bond acceptors (Lipinski definition) is 3. The normalized spacial score (nSPS) is 20.9. The lowest BCUT2D eigenvalue weighted by atomic mass is 9.87. The van der Waals surface area contributed by atoms with E-state index in [2.05, 4.69) is 4.90 Å². The summed E-state index contributed by atoms with van der Waals surface area (Å²) in [4.78, 5) is 13.2. The molecule has 88 valence electrons. The fourth-order valence-electron chi connectivity index (χ4n) is 2.65. The van der Waals surface area contributed by atoms with Gasteiger partial charge >= 0.3 is 0 Å². The fraction of sp³-hybridized carbons (Fsp3) is 0.917. The van der Waals surface area contributed by atoms with E-state index in [1.54, 1.807) is 13.8 Å². The van der Waals surface area contributed by atoms with E-state index < -0.39 is 5.60 Å². The molecule has 0 bridgehead atoms. The van der Waals surface area contributed by atoms with E-state index in [-0.39, 0.29) is 5.41 Å². The van der Waals surface area contributed by atoms with Gasteiger partial charge in [0.05, 0.1) is 5.60 Å². The Morgan fingerprint density at radius 1 is 1.40 bits per heavy atom. The Kier molecular flexibility index (Phi) is 3.90. The first kappa shape index (κ1) is 12.7. The fourth-order valence-corrected chi connectivity index (χ4v) is 2.65. The third-order valence-corrected chi connectivity index (χ3v) is 3.09. The van der Waals surface area contributed by atoms with Gasteiger partial charge in [-0.25, -0.2) is 0 Å². The van der Waals surface area contributed by atoms with Gasteiger partial charge in [0.2, 0.25) is 0 Å². The molecule has 3 nitrogen and oxygen atoms in total. The summed E-state index contributed by atoms with van der Waals surface area (Å²) < 4.78 is 0. The van der Waals surface area contributed by atoms with Crippen LogP contribution in [0, 0.1) is 5.41 Å². The molecular formula is C12H23NO2. The summed E-state index contributed by atoms with van der Waals surface area (Å²) in [5, 5.41) is 9.69. The Labute approximate surface area is 92.5 Å². The van der Waals surface area contributed by atoms with Crippen molar-refractivity contribution in [3.05, 3.63) is 0 Å². The van der Waals surface area contributed by atoms with E-state index in [4.69, 9.17) is 0 Å². The zero-order chi connectivity index (χ0) is 11.5. The molecule has 3 heteroatoms. The van der Waals surface area contributed by atoms with E-state index >= 15 is 0 Å². The predicted molar refractivity (Wildman–Crippen MR) is 60.8 cm³/mol. The summed E-state index contributed by atoms with van der Waals surface area (Å²) >= 11 is 0. The summed E-state index contributed by atoms with van der Waals surface area (Å²) in [6.45, 7) is 4.99. The van der Waals surface area contributed by atoms with Crippen molar-refractivity contribution in [3.63, 3.8) is 0 Å². The third-order valence-electron chi connectivity index (χ3n) is 3.09. The van der Waals surface area contributed by atoms with Gasteiger partial charge < -0.3 is 14.8 Å². The number of nitrogens with zero attached hydrogens (tertiary/aromatic N) is 1. The van der Waals surface area contributed by atoms with Crippen molar-refractivity contribution in [2.45, 2.75) is 45.1 Å². The predicted octanol–water partition coefficient (Wildman–Crippen LogP) is 1.45. The van der Waals surface area contributed by atoms with Gasteiger partial charge in [-0.3, -0.25) is 0 Å². The molecule has 0 aromatic heterocycles. The minimum absolute atomic E-state index is 0.139. The lowest BCUT2D eigenvalue weighted by Gasteiger charge is -2.32. The highest BCUT2D eigenvalue weighted by Gasteiger charge is 2.35. The second kappa shape index (κ2) is 4.62. The van der Waals surface area contributed by atoms with Gasteiger partial charge in [-0.2, -0.15) is 0 Å². The summed E-state index contributed by atoms with van der Waals surface area (Å²) in [6.07, 6.45) is 5.46. The maximum Gasteiger partial charge on any atom is 0.127 e. The number of carbonyl (C=O) groups excluding carboxylic acids is 1. The summed E-state index contributed by atoms with van der Waals surface area (Å²) in [6, 6.07) is 0. The minimum atomic E-state index is -0.683. The highest BCUT2D eigenvalue weighted by atomic mass is 16.3. The second-order valence-corrected chi connectivity index (χ2v) is 5.67. The molecule has 15 heavy (non-hydrogen) atoms. The molecule has 1 N–H and O–H groups in total. The van der Waals surface area contributed by atoms with E-state index in [0.717, 1.165) is 38.5 Å². The summed E-state index contributed by atoms with van der Waals surface area (Å²) in [7, 11) is 1.97. The average Bonchev–Trinajstić information content (AvgIpc) is 2.50. The molecule has 0 aromatic rings. The zero-order valence-corrected chi connectivity index (χ0v) is 10.1. The maximum absolute atomic E-state index is 11.1. The van der Waals surface area contributed by atoms with Crippen LogP contribution in [0.3, 0.4) is 0 Å². The Bertz CT molecular complexity index is 214. The highest BCUT2D eigenvalue weighted by Crippen LogP contribution is 2.36. The van der Waals surface area contributed by atoms with Crippen molar-refractivity contribution in [2.24, 2.45) is 5.41 Å². The molecule has 0 atom stereocenters. The van der Waals surface area contributed by atoms with Gasteiger partial charge in [-0.1, -0.05) is 12.8 Å². The summed E-state index contributed by atoms with van der Waals surface area (Å²) in [5.74, 6) is 0. The number of aldehydes is 1. The molecule has 0 unspecified atom stereocenters. The van der Waals surface area contributed by atoms with Gasteiger partial charge in [-0.05, 0) is 33.7 Å². The smallest absolute Gasteiger partial charge is 0.127 e. The van der Waals surface area contributed by atoms with Crippen LogP contribution in [0.1, 0.15) is 39.5 Å². The van der Waals surface area contributed by atoms with Gasteiger partial charge in [0, 0.05) is 18.5 Å². The topological polar surface area (TPSA) is 40.5 Å². The number of hydrogen-bond donors (Lipinski definition) is 1. The molecule has 0 aliphatic heterocycles. The molecule has 1 aliphatic carbocycles. The maximum atomic E-state index is 11.1. The number of likely N-dealkylation sites (N-methyl/N-ethyl adjacent to an activating group) is 1. The Balaban J connectivity index is 2.48. The molecule has 1 saturated carbocycles. The van der Waals surface area contributed by atoms with Crippen LogP contribution < -0.4 is 0 Å². The van der Waals surface area contributed by atoms with E-state index in [1.807, 2.05) is 7.05 Å². The van der Waals surface area contributed by atoms with Gasteiger partial charge in [-0.15, -0.1) is 0 Å². The van der Waals surface area contributed by atoms with Gasteiger partial charge in [0.25, 0.3) is 0 Å². The Hall–Kier alpha value is -0.410. The van der Waals surface area contributed by atoms with Crippen molar-refractivity contribution in [1.82, 2.24) is 4.90 Å². The molecule has 0 heterocycles. The van der Waals surface area contributed by atoms with Crippen molar-refractivity contribution in [2.75, 3.05) is 20.1 Å². The quantitative estimate of drug-likeness (QED) is 0.703. The standard InChI is InChI=1S/C12H23NO2/c1-11(2,15)8-13(3)9-12(10-14)6-4-5-7-12/h10,15H,4-9H2,1-3H3. The van der Waals surface area contributed by atoms with Crippen molar-refractivity contribution >= 4 is 6.29 Å². The molecule has 1 rings (SSSR count). The van der Waals surface area contributed by atoms with Crippen LogP contribution in [0.25, 0.3) is 0 Å². The molecule has 0 saturated heterocycles. The molecular weight excluding hydrogens is 190 g/mol. The number of carbonyl (C=O) groups is 1. The lowest BCUT2D eigenvalue weighted by Crippen LogP contribution is -2.42. The van der Waals surface area contributed by atoms with Crippen LogP contribution in [-0.4, -0.2) is 42.0 Å². The van der Waals surface area contributed by atoms with Crippen LogP contribution in [0.4, 0.5) is 0 Å². The van der Waals surface area contributed by atoms with E-state index in [0.29, 0.717) is 6.54 Å². The van der Waals surface area contributed by atoms with Crippen LogP contribution in [0.2, 0.25) is 0 Å². The number of aliphatic hydroxyl groups is 1. The van der Waals surface area contributed by atoms with Gasteiger partial charge in [0.15, 0.2) is 0 Å². The lowest BCUT2D eigenvalue weighted by molar-refractivity contribution is -0.117. The minimum Gasteiger partial charge on any atom is -0.389 e. The highest BCUT2D eigenvalue weighted by molar-refractivity contribution is 5.60. The van der Waals surface area contributed by atoms with Crippen molar-refractivity contribution in [1.29, 1.82) is 0 Å². The SMILES string of the molecule is CN(CC(C)(C)O)CC1(C=O)CCCC1. The molecule has 1 aliphatic rings. The monoisotopic (exact) mass is 213 g/mol. The molecule has 0 amide bonds. The average molecular weight is 213 g/mol. The van der Waals surface area contributed by atoms with Crippen LogP contribution in [0.15, 0.2) is 0 Å². The zero-order valence-electron chi connectivity index (χ0n) is 10.1. The van der Waals surface area contributed by atoms with Crippen molar-refractivity contribution in [3.8, 4) is 0 Å². The Morgan fingerprint density at radius 2 is 1.93 bits per heavy atom. The third kappa shape index (κ3) is 3.92. The molecule has 1 fully saturated rings. The number of rotatable bonds is 5. The first-order valence-corrected chi connectivity index (χ1v) is 5.74. The first-order valence-electron chi connectivity index (χ1n) is 5.74.